The van der Waals surface area contributed by atoms with Gasteiger partial charge in [0.05, 0.1) is 10.4 Å². The molecule has 0 bridgehead atoms. The van der Waals surface area contributed by atoms with Crippen molar-refractivity contribution in [1.29, 1.82) is 0 Å². The molecule has 0 amide bonds. The first kappa shape index (κ1) is 19.0. The van der Waals surface area contributed by atoms with E-state index in [4.69, 9.17) is 11.6 Å². The molecule has 6 nitrogen and oxygen atoms in total. The number of hydrogen-bond acceptors (Lipinski definition) is 5. The predicted molar refractivity (Wildman–Crippen MR) is 107 cm³/mol. The van der Waals surface area contributed by atoms with Crippen LogP contribution in [0.15, 0.2) is 47.4 Å². The van der Waals surface area contributed by atoms with E-state index in [9.17, 15) is 12.8 Å². The van der Waals surface area contributed by atoms with Crippen molar-refractivity contribution in [2.24, 2.45) is 0 Å². The standard InChI is InChI=1S/C19H18ClFN4O2S/c20-13-3-8-16-17(11-13)24-18(12-1-2-12)25-19(16)22-9-10-23-28(26,27)15-6-4-14(21)5-7-15/h3-8,11-12,23H,1-2,9-10H2,(H,22,24,25). The summed E-state index contributed by atoms with van der Waals surface area (Å²) in [5, 5.41) is 4.61. The van der Waals surface area contributed by atoms with Gasteiger partial charge in [0, 0.05) is 29.4 Å². The van der Waals surface area contributed by atoms with Crippen LogP contribution in [0.3, 0.4) is 0 Å². The maximum Gasteiger partial charge on any atom is 0.240 e. The van der Waals surface area contributed by atoms with Crippen molar-refractivity contribution >= 4 is 38.3 Å². The Morgan fingerprint density at radius 2 is 1.82 bits per heavy atom. The summed E-state index contributed by atoms with van der Waals surface area (Å²) in [6.45, 7) is 0.483. The number of anilines is 1. The Balaban J connectivity index is 1.46. The highest BCUT2D eigenvalue weighted by Crippen LogP contribution is 2.39. The topological polar surface area (TPSA) is 84.0 Å². The van der Waals surface area contributed by atoms with Crippen LogP contribution in [0.1, 0.15) is 24.6 Å². The first-order chi connectivity index (χ1) is 13.4. The van der Waals surface area contributed by atoms with Crippen molar-refractivity contribution < 1.29 is 12.8 Å². The highest BCUT2D eigenvalue weighted by Gasteiger charge is 2.27. The van der Waals surface area contributed by atoms with Crippen molar-refractivity contribution in [3.63, 3.8) is 0 Å². The fourth-order valence-corrected chi connectivity index (χ4v) is 4.04. The van der Waals surface area contributed by atoms with Gasteiger partial charge in [-0.3, -0.25) is 0 Å². The van der Waals surface area contributed by atoms with Crippen molar-refractivity contribution in [3.05, 3.63) is 59.1 Å². The molecule has 2 aromatic carbocycles. The lowest BCUT2D eigenvalue weighted by molar-refractivity contribution is 0.582. The first-order valence-corrected chi connectivity index (χ1v) is 10.7. The second kappa shape index (κ2) is 7.62. The van der Waals surface area contributed by atoms with Gasteiger partial charge >= 0.3 is 0 Å². The number of nitrogens with one attached hydrogen (secondary N) is 2. The normalized spacial score (nSPS) is 14.4. The van der Waals surface area contributed by atoms with Crippen LogP contribution in [0, 0.1) is 5.82 Å². The van der Waals surface area contributed by atoms with Gasteiger partial charge in [-0.2, -0.15) is 0 Å². The van der Waals surface area contributed by atoms with Crippen LogP contribution < -0.4 is 10.0 Å². The fraction of sp³-hybridized carbons (Fsp3) is 0.263. The molecule has 0 atom stereocenters. The predicted octanol–water partition coefficient (Wildman–Crippen LogP) is 3.69. The molecule has 1 heterocycles. The molecule has 1 aromatic heterocycles. The molecule has 0 aliphatic heterocycles. The van der Waals surface area contributed by atoms with E-state index in [1.807, 2.05) is 6.07 Å². The van der Waals surface area contributed by atoms with Crippen LogP contribution >= 0.6 is 11.6 Å². The molecular weight excluding hydrogens is 403 g/mol. The number of rotatable bonds is 7. The van der Waals surface area contributed by atoms with E-state index in [2.05, 4.69) is 20.0 Å². The van der Waals surface area contributed by atoms with Gasteiger partial charge in [0.1, 0.15) is 17.5 Å². The number of fused-ring (bicyclic) bond motifs is 1. The lowest BCUT2D eigenvalue weighted by Gasteiger charge is -2.12. The Labute approximate surface area is 167 Å². The lowest BCUT2D eigenvalue weighted by atomic mass is 10.2. The maximum atomic E-state index is 13.0. The molecule has 9 heteroatoms. The molecule has 2 N–H and O–H groups in total. The van der Waals surface area contributed by atoms with Gasteiger partial charge in [0.25, 0.3) is 0 Å². The van der Waals surface area contributed by atoms with E-state index >= 15 is 0 Å². The Morgan fingerprint density at radius 1 is 1.07 bits per heavy atom. The van der Waals surface area contributed by atoms with E-state index in [1.54, 1.807) is 12.1 Å². The summed E-state index contributed by atoms with van der Waals surface area (Å²) < 4.78 is 40.0. The Hall–Kier alpha value is -2.29. The summed E-state index contributed by atoms with van der Waals surface area (Å²) in [7, 11) is -3.70. The molecule has 1 aliphatic carbocycles. The zero-order chi connectivity index (χ0) is 19.7. The van der Waals surface area contributed by atoms with E-state index in [0.717, 1.165) is 41.7 Å². The molecule has 0 spiro atoms. The van der Waals surface area contributed by atoms with Crippen molar-refractivity contribution in [3.8, 4) is 0 Å². The van der Waals surface area contributed by atoms with Gasteiger partial charge in [-0.15, -0.1) is 0 Å². The number of benzene rings is 2. The summed E-state index contributed by atoms with van der Waals surface area (Å²) in [5.74, 6) is 1.33. The summed E-state index contributed by atoms with van der Waals surface area (Å²) >= 11 is 6.08. The summed E-state index contributed by atoms with van der Waals surface area (Å²) in [4.78, 5) is 9.23. The highest BCUT2D eigenvalue weighted by molar-refractivity contribution is 7.89. The van der Waals surface area contributed by atoms with Crippen LogP contribution in [0.25, 0.3) is 10.9 Å². The van der Waals surface area contributed by atoms with E-state index < -0.39 is 15.8 Å². The summed E-state index contributed by atoms with van der Waals surface area (Å²) in [6.07, 6.45) is 2.14. The van der Waals surface area contributed by atoms with Crippen molar-refractivity contribution in [2.75, 3.05) is 18.4 Å². The van der Waals surface area contributed by atoms with Crippen LogP contribution in [0.4, 0.5) is 10.2 Å². The average Bonchev–Trinajstić information content (AvgIpc) is 3.50. The van der Waals surface area contributed by atoms with Gasteiger partial charge in [-0.1, -0.05) is 11.6 Å². The molecule has 28 heavy (non-hydrogen) atoms. The average molecular weight is 421 g/mol. The van der Waals surface area contributed by atoms with Gasteiger partial charge in [0.15, 0.2) is 0 Å². The number of sulfonamides is 1. The molecular formula is C19H18ClFN4O2S. The SMILES string of the molecule is O=S(=O)(NCCNc1nc(C2CC2)nc2cc(Cl)ccc12)c1ccc(F)cc1. The minimum atomic E-state index is -3.70. The van der Waals surface area contributed by atoms with Crippen LogP contribution in [-0.4, -0.2) is 31.5 Å². The third-order valence-corrected chi connectivity index (χ3v) is 6.16. The molecule has 0 unspecified atom stereocenters. The molecule has 3 aromatic rings. The first-order valence-electron chi connectivity index (χ1n) is 8.89. The number of nitrogens with zero attached hydrogens (tertiary/aromatic N) is 2. The second-order valence-electron chi connectivity index (χ2n) is 6.64. The Morgan fingerprint density at radius 3 is 2.54 bits per heavy atom. The number of halogens is 2. The van der Waals surface area contributed by atoms with Crippen molar-refractivity contribution in [2.45, 2.75) is 23.7 Å². The Bertz CT molecular complexity index is 1120. The lowest BCUT2D eigenvalue weighted by Crippen LogP contribution is -2.29. The summed E-state index contributed by atoms with van der Waals surface area (Å²) in [6, 6.07) is 10.1. The molecule has 146 valence electrons. The number of hydrogen-bond donors (Lipinski definition) is 2. The van der Waals surface area contributed by atoms with Crippen LogP contribution in [0.5, 0.6) is 0 Å². The van der Waals surface area contributed by atoms with E-state index in [0.29, 0.717) is 23.3 Å². The largest absolute Gasteiger partial charge is 0.368 e. The molecule has 0 saturated heterocycles. The van der Waals surface area contributed by atoms with Gasteiger partial charge in [0.2, 0.25) is 10.0 Å². The molecule has 4 rings (SSSR count). The van der Waals surface area contributed by atoms with Gasteiger partial charge in [-0.25, -0.2) is 27.5 Å². The third-order valence-electron chi connectivity index (χ3n) is 4.45. The minimum absolute atomic E-state index is 0.0204. The zero-order valence-corrected chi connectivity index (χ0v) is 16.4. The quantitative estimate of drug-likeness (QED) is 0.569. The molecule has 1 fully saturated rings. The van der Waals surface area contributed by atoms with Gasteiger partial charge < -0.3 is 5.32 Å². The molecule has 1 aliphatic rings. The van der Waals surface area contributed by atoms with E-state index in [1.165, 1.54) is 12.1 Å². The maximum absolute atomic E-state index is 13.0. The van der Waals surface area contributed by atoms with E-state index in [-0.39, 0.29) is 11.4 Å². The second-order valence-corrected chi connectivity index (χ2v) is 8.85. The van der Waals surface area contributed by atoms with Gasteiger partial charge in [-0.05, 0) is 55.3 Å². The minimum Gasteiger partial charge on any atom is -0.368 e. The molecule has 1 saturated carbocycles. The molecule has 0 radical (unpaired) electrons. The van der Waals surface area contributed by atoms with Crippen molar-refractivity contribution in [1.82, 2.24) is 14.7 Å². The highest BCUT2D eigenvalue weighted by atomic mass is 35.5. The Kier molecular flexibility index (Phi) is 5.18. The van der Waals surface area contributed by atoms with Crippen LogP contribution in [0.2, 0.25) is 5.02 Å². The zero-order valence-electron chi connectivity index (χ0n) is 14.8. The fourth-order valence-electron chi connectivity index (χ4n) is 2.84. The third kappa shape index (κ3) is 4.24. The smallest absolute Gasteiger partial charge is 0.240 e. The number of aromatic nitrogens is 2. The monoisotopic (exact) mass is 420 g/mol. The summed E-state index contributed by atoms with van der Waals surface area (Å²) in [5.41, 5.74) is 0.763. The van der Waals surface area contributed by atoms with Crippen LogP contribution in [-0.2, 0) is 10.0 Å².